The molecule has 0 spiro atoms. The van der Waals surface area contributed by atoms with Gasteiger partial charge in [-0.05, 0) is 24.3 Å². The Bertz CT molecular complexity index is 365. The van der Waals surface area contributed by atoms with Crippen molar-refractivity contribution in [1.29, 1.82) is 0 Å². The fourth-order valence-corrected chi connectivity index (χ4v) is 1.09. The molecule has 0 saturated carbocycles. The second kappa shape index (κ2) is 2.70. The van der Waals surface area contributed by atoms with Crippen LogP contribution in [0.25, 0.3) is 11.4 Å². The SMILES string of the molecule is Nc1cccc(-c2ccc[nH]2)n1. The first-order chi connectivity index (χ1) is 5.86. The molecular weight excluding hydrogens is 150 g/mol. The lowest BCUT2D eigenvalue weighted by Gasteiger charge is -1.97. The first kappa shape index (κ1) is 6.91. The topological polar surface area (TPSA) is 54.7 Å². The van der Waals surface area contributed by atoms with Gasteiger partial charge in [0.2, 0.25) is 0 Å². The van der Waals surface area contributed by atoms with Crippen LogP contribution < -0.4 is 5.73 Å². The smallest absolute Gasteiger partial charge is 0.124 e. The lowest BCUT2D eigenvalue weighted by Crippen LogP contribution is -1.90. The van der Waals surface area contributed by atoms with Crippen LogP contribution in [0.2, 0.25) is 0 Å². The predicted molar refractivity (Wildman–Crippen MR) is 48.4 cm³/mol. The van der Waals surface area contributed by atoms with E-state index in [2.05, 4.69) is 9.97 Å². The van der Waals surface area contributed by atoms with Gasteiger partial charge in [0, 0.05) is 6.20 Å². The number of nitrogen functional groups attached to an aromatic ring is 1. The molecule has 0 fully saturated rings. The van der Waals surface area contributed by atoms with Gasteiger partial charge < -0.3 is 10.7 Å². The summed E-state index contributed by atoms with van der Waals surface area (Å²) in [5.41, 5.74) is 7.40. The van der Waals surface area contributed by atoms with E-state index in [9.17, 15) is 0 Å². The summed E-state index contributed by atoms with van der Waals surface area (Å²) in [4.78, 5) is 7.22. The van der Waals surface area contributed by atoms with Crippen LogP contribution in [0, 0.1) is 0 Å². The summed E-state index contributed by atoms with van der Waals surface area (Å²) >= 11 is 0. The molecule has 3 N–H and O–H groups in total. The van der Waals surface area contributed by atoms with E-state index < -0.39 is 0 Å². The molecule has 2 aromatic rings. The highest BCUT2D eigenvalue weighted by Gasteiger charge is 1.97. The van der Waals surface area contributed by atoms with Crippen molar-refractivity contribution in [2.75, 3.05) is 5.73 Å². The van der Waals surface area contributed by atoms with Gasteiger partial charge in [0.15, 0.2) is 0 Å². The molecule has 12 heavy (non-hydrogen) atoms. The van der Waals surface area contributed by atoms with E-state index in [1.165, 1.54) is 0 Å². The van der Waals surface area contributed by atoms with Crippen molar-refractivity contribution in [3.63, 3.8) is 0 Å². The minimum atomic E-state index is 0.544. The largest absolute Gasteiger partial charge is 0.384 e. The highest BCUT2D eigenvalue weighted by atomic mass is 14.9. The van der Waals surface area contributed by atoms with E-state index in [1.54, 1.807) is 6.07 Å². The molecule has 0 bridgehead atoms. The van der Waals surface area contributed by atoms with Gasteiger partial charge in [0.25, 0.3) is 0 Å². The maximum Gasteiger partial charge on any atom is 0.124 e. The maximum absolute atomic E-state index is 5.54. The minimum absolute atomic E-state index is 0.544. The van der Waals surface area contributed by atoms with E-state index in [0.717, 1.165) is 11.4 Å². The molecule has 0 aliphatic heterocycles. The van der Waals surface area contributed by atoms with Gasteiger partial charge in [-0.3, -0.25) is 0 Å². The summed E-state index contributed by atoms with van der Waals surface area (Å²) in [5.74, 6) is 0.544. The predicted octanol–water partition coefficient (Wildman–Crippen LogP) is 1.66. The number of pyridine rings is 1. The number of aromatic nitrogens is 2. The molecule has 2 heterocycles. The minimum Gasteiger partial charge on any atom is -0.384 e. The lowest BCUT2D eigenvalue weighted by molar-refractivity contribution is 1.29. The fraction of sp³-hybridized carbons (Fsp3) is 0. The van der Waals surface area contributed by atoms with Crippen molar-refractivity contribution < 1.29 is 0 Å². The number of anilines is 1. The molecule has 0 radical (unpaired) electrons. The van der Waals surface area contributed by atoms with Gasteiger partial charge >= 0.3 is 0 Å². The zero-order valence-corrected chi connectivity index (χ0v) is 6.49. The monoisotopic (exact) mass is 159 g/mol. The molecule has 3 heteroatoms. The first-order valence-electron chi connectivity index (χ1n) is 3.72. The molecule has 0 atom stereocenters. The third kappa shape index (κ3) is 1.16. The van der Waals surface area contributed by atoms with Gasteiger partial charge in [0.05, 0.1) is 11.4 Å². The quantitative estimate of drug-likeness (QED) is 0.664. The summed E-state index contributed by atoms with van der Waals surface area (Å²) in [7, 11) is 0. The number of rotatable bonds is 1. The summed E-state index contributed by atoms with van der Waals surface area (Å²) in [6.45, 7) is 0. The lowest BCUT2D eigenvalue weighted by atomic mass is 10.3. The van der Waals surface area contributed by atoms with Crippen LogP contribution in [0.5, 0.6) is 0 Å². The summed E-state index contributed by atoms with van der Waals surface area (Å²) in [5, 5.41) is 0. The Hall–Kier alpha value is -1.77. The Labute approximate surface area is 70.3 Å². The van der Waals surface area contributed by atoms with Gasteiger partial charge in [-0.2, -0.15) is 0 Å². The average Bonchev–Trinajstić information content (AvgIpc) is 2.56. The van der Waals surface area contributed by atoms with Crippen LogP contribution in [0.3, 0.4) is 0 Å². The second-order valence-electron chi connectivity index (χ2n) is 2.53. The number of H-pyrrole nitrogens is 1. The van der Waals surface area contributed by atoms with E-state index in [1.807, 2.05) is 30.5 Å². The first-order valence-corrected chi connectivity index (χ1v) is 3.72. The summed E-state index contributed by atoms with van der Waals surface area (Å²) in [6, 6.07) is 9.47. The van der Waals surface area contributed by atoms with Crippen LogP contribution in [-0.2, 0) is 0 Å². The molecule has 2 aromatic heterocycles. The van der Waals surface area contributed by atoms with Gasteiger partial charge in [-0.1, -0.05) is 6.07 Å². The molecule has 60 valence electrons. The van der Waals surface area contributed by atoms with Crippen molar-refractivity contribution >= 4 is 5.82 Å². The molecule has 0 unspecified atom stereocenters. The van der Waals surface area contributed by atoms with Gasteiger partial charge in [-0.25, -0.2) is 4.98 Å². The number of nitrogens with one attached hydrogen (secondary N) is 1. The van der Waals surface area contributed by atoms with Crippen LogP contribution >= 0.6 is 0 Å². The second-order valence-corrected chi connectivity index (χ2v) is 2.53. The van der Waals surface area contributed by atoms with Crippen LogP contribution in [0.4, 0.5) is 5.82 Å². The molecular formula is C9H9N3. The average molecular weight is 159 g/mol. The highest BCUT2D eigenvalue weighted by Crippen LogP contribution is 2.14. The number of hydrogen-bond acceptors (Lipinski definition) is 2. The summed E-state index contributed by atoms with van der Waals surface area (Å²) < 4.78 is 0. The van der Waals surface area contributed by atoms with Crippen LogP contribution in [-0.4, -0.2) is 9.97 Å². The number of nitrogens with two attached hydrogens (primary N) is 1. The van der Waals surface area contributed by atoms with E-state index in [0.29, 0.717) is 5.82 Å². The Morgan fingerprint density at radius 3 is 2.75 bits per heavy atom. The van der Waals surface area contributed by atoms with Crippen molar-refractivity contribution in [2.45, 2.75) is 0 Å². The molecule has 0 aromatic carbocycles. The Morgan fingerprint density at radius 2 is 2.08 bits per heavy atom. The normalized spacial score (nSPS) is 10.0. The highest BCUT2D eigenvalue weighted by molar-refractivity contribution is 5.56. The van der Waals surface area contributed by atoms with E-state index >= 15 is 0 Å². The van der Waals surface area contributed by atoms with Crippen molar-refractivity contribution in [3.8, 4) is 11.4 Å². The molecule has 0 aliphatic carbocycles. The van der Waals surface area contributed by atoms with E-state index in [-0.39, 0.29) is 0 Å². The Morgan fingerprint density at radius 1 is 1.17 bits per heavy atom. The molecule has 3 nitrogen and oxygen atoms in total. The van der Waals surface area contributed by atoms with Crippen molar-refractivity contribution in [2.24, 2.45) is 0 Å². The zero-order valence-electron chi connectivity index (χ0n) is 6.49. The van der Waals surface area contributed by atoms with Gasteiger partial charge in [0.1, 0.15) is 5.82 Å². The third-order valence-corrected chi connectivity index (χ3v) is 1.64. The molecule has 0 saturated heterocycles. The standard InChI is InChI=1S/C9H9N3/c10-9-5-1-3-8(12-9)7-4-2-6-11-7/h1-6,11H,(H2,10,12). The van der Waals surface area contributed by atoms with Crippen LogP contribution in [0.1, 0.15) is 0 Å². The van der Waals surface area contributed by atoms with Crippen molar-refractivity contribution in [3.05, 3.63) is 36.5 Å². The maximum atomic E-state index is 5.54. The molecule has 0 amide bonds. The summed E-state index contributed by atoms with van der Waals surface area (Å²) in [6.07, 6.45) is 1.86. The Kier molecular flexibility index (Phi) is 1.55. The fourth-order valence-electron chi connectivity index (χ4n) is 1.09. The molecule has 2 rings (SSSR count). The van der Waals surface area contributed by atoms with E-state index in [4.69, 9.17) is 5.73 Å². The third-order valence-electron chi connectivity index (χ3n) is 1.64. The Balaban J connectivity index is 2.48. The van der Waals surface area contributed by atoms with Crippen LogP contribution in [0.15, 0.2) is 36.5 Å². The zero-order chi connectivity index (χ0) is 8.39. The molecule has 0 aliphatic rings. The number of aromatic amines is 1. The number of hydrogen-bond donors (Lipinski definition) is 2. The van der Waals surface area contributed by atoms with Crippen molar-refractivity contribution in [1.82, 2.24) is 9.97 Å². The van der Waals surface area contributed by atoms with Gasteiger partial charge in [-0.15, -0.1) is 0 Å². The number of nitrogens with zero attached hydrogens (tertiary/aromatic N) is 1.